The molecule has 5 nitrogen and oxygen atoms in total. The molecule has 0 aromatic heterocycles. The Labute approximate surface area is 177 Å². The lowest BCUT2D eigenvalue weighted by molar-refractivity contribution is -0.129. The van der Waals surface area contributed by atoms with E-state index in [-0.39, 0.29) is 5.75 Å². The van der Waals surface area contributed by atoms with Crippen LogP contribution in [0.1, 0.15) is 18.1 Å². The summed E-state index contributed by atoms with van der Waals surface area (Å²) in [4.78, 5) is 14.2. The first-order chi connectivity index (χ1) is 14.4. The zero-order chi connectivity index (χ0) is 21.6. The SMILES string of the molecule is CC(C(=O)N(C)Cc1ccccc1)S(=O)(=O)Cc1ccccc1Oc1ccccc1. The molecule has 0 heterocycles. The lowest BCUT2D eigenvalue weighted by Crippen LogP contribution is -2.39. The van der Waals surface area contributed by atoms with Crippen LogP contribution in [0.3, 0.4) is 0 Å². The molecule has 1 unspecified atom stereocenters. The summed E-state index contributed by atoms with van der Waals surface area (Å²) < 4.78 is 31.9. The second-order valence-electron chi connectivity index (χ2n) is 7.15. The van der Waals surface area contributed by atoms with Gasteiger partial charge in [-0.05, 0) is 30.7 Å². The highest BCUT2D eigenvalue weighted by Crippen LogP contribution is 2.27. The van der Waals surface area contributed by atoms with Crippen molar-refractivity contribution in [2.24, 2.45) is 0 Å². The Kier molecular flexibility index (Phi) is 6.90. The van der Waals surface area contributed by atoms with Crippen molar-refractivity contribution < 1.29 is 17.9 Å². The van der Waals surface area contributed by atoms with E-state index in [0.717, 1.165) is 5.56 Å². The fourth-order valence-corrected chi connectivity index (χ4v) is 4.49. The molecule has 156 valence electrons. The van der Waals surface area contributed by atoms with Crippen LogP contribution in [-0.4, -0.2) is 31.5 Å². The van der Waals surface area contributed by atoms with Crippen molar-refractivity contribution in [1.29, 1.82) is 0 Å². The lowest BCUT2D eigenvalue weighted by Gasteiger charge is -2.22. The number of carbonyl (C=O) groups excluding carboxylic acids is 1. The van der Waals surface area contributed by atoms with Gasteiger partial charge in [0.05, 0.1) is 5.75 Å². The van der Waals surface area contributed by atoms with E-state index < -0.39 is 21.0 Å². The van der Waals surface area contributed by atoms with Crippen LogP contribution in [0, 0.1) is 0 Å². The summed E-state index contributed by atoms with van der Waals surface area (Å²) in [6, 6.07) is 25.6. The number of carbonyl (C=O) groups is 1. The van der Waals surface area contributed by atoms with Crippen LogP contribution in [0.2, 0.25) is 0 Å². The number of para-hydroxylation sites is 2. The smallest absolute Gasteiger partial charge is 0.240 e. The Bertz CT molecular complexity index is 1080. The van der Waals surface area contributed by atoms with E-state index in [1.807, 2.05) is 48.5 Å². The first kappa shape index (κ1) is 21.6. The first-order valence-electron chi connectivity index (χ1n) is 9.68. The Balaban J connectivity index is 1.73. The van der Waals surface area contributed by atoms with Gasteiger partial charge in [-0.25, -0.2) is 8.42 Å². The van der Waals surface area contributed by atoms with Crippen molar-refractivity contribution in [3.05, 3.63) is 96.1 Å². The molecule has 0 aliphatic heterocycles. The van der Waals surface area contributed by atoms with Crippen molar-refractivity contribution >= 4 is 15.7 Å². The van der Waals surface area contributed by atoms with Crippen molar-refractivity contribution in [2.45, 2.75) is 24.5 Å². The van der Waals surface area contributed by atoms with E-state index in [2.05, 4.69) is 0 Å². The number of nitrogens with zero attached hydrogens (tertiary/aromatic N) is 1. The highest BCUT2D eigenvalue weighted by Gasteiger charge is 2.31. The third-order valence-electron chi connectivity index (χ3n) is 4.83. The maximum absolute atomic E-state index is 13.0. The summed E-state index contributed by atoms with van der Waals surface area (Å²) in [6.45, 7) is 1.80. The van der Waals surface area contributed by atoms with Crippen LogP contribution < -0.4 is 4.74 Å². The van der Waals surface area contributed by atoms with E-state index in [1.165, 1.54) is 11.8 Å². The molecule has 0 N–H and O–H groups in total. The van der Waals surface area contributed by atoms with Gasteiger partial charge in [0.1, 0.15) is 16.7 Å². The molecule has 3 aromatic rings. The minimum Gasteiger partial charge on any atom is -0.457 e. The first-order valence-corrected chi connectivity index (χ1v) is 11.4. The van der Waals surface area contributed by atoms with Gasteiger partial charge in [0.25, 0.3) is 0 Å². The summed E-state index contributed by atoms with van der Waals surface area (Å²) in [5.41, 5.74) is 1.46. The number of amides is 1. The van der Waals surface area contributed by atoms with Gasteiger partial charge in [-0.2, -0.15) is 0 Å². The van der Waals surface area contributed by atoms with Crippen molar-refractivity contribution in [2.75, 3.05) is 7.05 Å². The summed E-state index contributed by atoms with van der Waals surface area (Å²) in [7, 11) is -2.12. The molecule has 0 radical (unpaired) electrons. The molecular weight excluding hydrogens is 398 g/mol. The minimum atomic E-state index is -3.74. The Hall–Kier alpha value is -3.12. The zero-order valence-electron chi connectivity index (χ0n) is 17.1. The molecule has 0 saturated heterocycles. The molecule has 0 saturated carbocycles. The van der Waals surface area contributed by atoms with Gasteiger partial charge in [-0.15, -0.1) is 0 Å². The van der Waals surface area contributed by atoms with Crippen LogP contribution in [0.5, 0.6) is 11.5 Å². The quantitative estimate of drug-likeness (QED) is 0.537. The molecule has 0 fully saturated rings. The van der Waals surface area contributed by atoms with Crippen LogP contribution >= 0.6 is 0 Å². The molecule has 3 aromatic carbocycles. The molecule has 0 aliphatic rings. The van der Waals surface area contributed by atoms with E-state index in [9.17, 15) is 13.2 Å². The average Bonchev–Trinajstić information content (AvgIpc) is 2.75. The number of ether oxygens (including phenoxy) is 1. The van der Waals surface area contributed by atoms with E-state index in [4.69, 9.17) is 4.74 Å². The molecule has 30 heavy (non-hydrogen) atoms. The monoisotopic (exact) mass is 423 g/mol. The molecule has 3 rings (SSSR count). The molecular formula is C24H25NO4S. The van der Waals surface area contributed by atoms with Crippen LogP contribution in [0.25, 0.3) is 0 Å². The van der Waals surface area contributed by atoms with Crippen molar-refractivity contribution in [3.8, 4) is 11.5 Å². The topological polar surface area (TPSA) is 63.7 Å². The van der Waals surface area contributed by atoms with E-state index in [0.29, 0.717) is 23.6 Å². The third-order valence-corrected chi connectivity index (χ3v) is 6.82. The number of sulfone groups is 1. The highest BCUT2D eigenvalue weighted by atomic mass is 32.2. The average molecular weight is 424 g/mol. The number of benzene rings is 3. The summed E-state index contributed by atoms with van der Waals surface area (Å²) in [5.74, 6) is 0.376. The van der Waals surface area contributed by atoms with Gasteiger partial charge in [0.15, 0.2) is 9.84 Å². The second kappa shape index (κ2) is 9.59. The van der Waals surface area contributed by atoms with Crippen molar-refractivity contribution in [1.82, 2.24) is 4.90 Å². The van der Waals surface area contributed by atoms with E-state index >= 15 is 0 Å². The lowest BCUT2D eigenvalue weighted by atomic mass is 10.2. The fourth-order valence-electron chi connectivity index (χ4n) is 3.08. The van der Waals surface area contributed by atoms with Crippen LogP contribution in [0.4, 0.5) is 0 Å². The van der Waals surface area contributed by atoms with Gasteiger partial charge in [-0.3, -0.25) is 4.79 Å². The predicted molar refractivity (Wildman–Crippen MR) is 118 cm³/mol. The number of rotatable bonds is 8. The molecule has 0 aliphatic carbocycles. The maximum Gasteiger partial charge on any atom is 0.240 e. The number of hydrogen-bond donors (Lipinski definition) is 0. The Morgan fingerprint density at radius 2 is 1.47 bits per heavy atom. The molecule has 1 atom stereocenters. The standard InChI is InChI=1S/C24H25NO4S/c1-19(24(26)25(2)17-20-11-5-3-6-12-20)30(27,28)18-21-13-9-10-16-23(21)29-22-14-7-4-8-15-22/h3-16,19H,17-18H2,1-2H3. The summed E-state index contributed by atoms with van der Waals surface area (Å²) >= 11 is 0. The zero-order valence-corrected chi connectivity index (χ0v) is 17.9. The molecule has 1 amide bonds. The Morgan fingerprint density at radius 3 is 2.13 bits per heavy atom. The Morgan fingerprint density at radius 1 is 0.900 bits per heavy atom. The van der Waals surface area contributed by atoms with Crippen LogP contribution in [-0.2, 0) is 26.9 Å². The largest absolute Gasteiger partial charge is 0.457 e. The summed E-state index contributed by atoms with van der Waals surface area (Å²) in [5, 5.41) is -1.16. The highest BCUT2D eigenvalue weighted by molar-refractivity contribution is 7.92. The van der Waals surface area contributed by atoms with E-state index in [1.54, 1.807) is 43.4 Å². The van der Waals surface area contributed by atoms with Gasteiger partial charge in [0.2, 0.25) is 5.91 Å². The van der Waals surface area contributed by atoms with Crippen molar-refractivity contribution in [3.63, 3.8) is 0 Å². The summed E-state index contributed by atoms with van der Waals surface area (Å²) in [6.07, 6.45) is 0. The normalized spacial score (nSPS) is 12.2. The van der Waals surface area contributed by atoms with Gasteiger partial charge < -0.3 is 9.64 Å². The maximum atomic E-state index is 13.0. The fraction of sp³-hybridized carbons (Fsp3) is 0.208. The third kappa shape index (κ3) is 5.48. The molecule has 0 spiro atoms. The van der Waals surface area contributed by atoms with Crippen LogP contribution in [0.15, 0.2) is 84.9 Å². The predicted octanol–water partition coefficient (Wildman–Crippen LogP) is 4.44. The molecule has 6 heteroatoms. The second-order valence-corrected chi connectivity index (χ2v) is 9.47. The minimum absolute atomic E-state index is 0.276. The number of hydrogen-bond acceptors (Lipinski definition) is 4. The van der Waals surface area contributed by atoms with Gasteiger partial charge in [0, 0.05) is 19.2 Å². The van der Waals surface area contributed by atoms with Gasteiger partial charge >= 0.3 is 0 Å². The van der Waals surface area contributed by atoms with Gasteiger partial charge in [-0.1, -0.05) is 66.7 Å². The molecule has 0 bridgehead atoms.